The van der Waals surface area contributed by atoms with Crippen LogP contribution in [-0.4, -0.2) is 10.1 Å². The minimum absolute atomic E-state index is 0. The molecule has 1 aromatic heterocycles. The van der Waals surface area contributed by atoms with E-state index in [1.165, 1.54) is 11.1 Å². The predicted molar refractivity (Wildman–Crippen MR) is 185 cm³/mol. The Bertz CT molecular complexity index is 1310. The van der Waals surface area contributed by atoms with E-state index >= 15 is 0 Å². The number of aromatic hydroxyl groups is 1. The Hall–Kier alpha value is -3.75. The van der Waals surface area contributed by atoms with Crippen LogP contribution in [0.5, 0.6) is 5.75 Å². The van der Waals surface area contributed by atoms with Gasteiger partial charge in [-0.05, 0) is 36.1 Å². The quantitative estimate of drug-likeness (QED) is 0.190. The summed E-state index contributed by atoms with van der Waals surface area (Å²) in [6, 6.07) is 41.0. The van der Waals surface area contributed by atoms with Crippen molar-refractivity contribution in [2.75, 3.05) is 0 Å². The van der Waals surface area contributed by atoms with Gasteiger partial charge in [0.15, 0.2) is 0 Å². The maximum atomic E-state index is 8.63. The van der Waals surface area contributed by atoms with Crippen LogP contribution in [0.1, 0.15) is 81.3 Å². The molecule has 1 radical (unpaired) electrons. The third-order valence-corrected chi connectivity index (χ3v) is 6.47. The Morgan fingerprint density at radius 2 is 1.00 bits per heavy atom. The van der Waals surface area contributed by atoms with E-state index in [0.717, 1.165) is 22.5 Å². The summed E-state index contributed by atoms with van der Waals surface area (Å²) in [4.78, 5) is 4.50. The van der Waals surface area contributed by atoms with E-state index in [9.17, 15) is 0 Å². The molecule has 44 heavy (non-hydrogen) atoms. The molecule has 4 heteroatoms. The van der Waals surface area contributed by atoms with E-state index in [-0.39, 0.29) is 31.7 Å². The number of benzene rings is 4. The van der Waals surface area contributed by atoms with Crippen molar-refractivity contribution in [3.05, 3.63) is 181 Å². The normalized spacial score (nSPS) is 10.1. The fourth-order valence-electron chi connectivity index (χ4n) is 4.09. The second-order valence-electron chi connectivity index (χ2n) is 11.3. The van der Waals surface area contributed by atoms with E-state index in [1.54, 1.807) is 24.3 Å². The SMILES string of the molecule is CC(C)c1cccc(C(C)C)c1[N-]C(C)(C)c1ccccn1.Oc1ccccc1.[CH2-]c1ccccc1.[CH2-]c1ccccc1.[Zr+3]. The summed E-state index contributed by atoms with van der Waals surface area (Å²) < 4.78 is 0. The molecule has 1 heterocycles. The summed E-state index contributed by atoms with van der Waals surface area (Å²) in [5, 5.41) is 13.8. The third-order valence-electron chi connectivity index (χ3n) is 6.47. The minimum atomic E-state index is -0.337. The van der Waals surface area contributed by atoms with Crippen molar-refractivity contribution >= 4 is 5.69 Å². The van der Waals surface area contributed by atoms with Crippen LogP contribution in [0.15, 0.2) is 134 Å². The van der Waals surface area contributed by atoms with Gasteiger partial charge in [-0.15, -0.1) is 30.0 Å². The van der Waals surface area contributed by atoms with Gasteiger partial charge >= 0.3 is 26.2 Å². The molecular weight excluding hydrogens is 616 g/mol. The van der Waals surface area contributed by atoms with Crippen LogP contribution in [0, 0.1) is 13.8 Å². The molecule has 0 atom stereocenters. The van der Waals surface area contributed by atoms with Gasteiger partial charge in [0.05, 0.1) is 0 Å². The molecule has 0 aliphatic carbocycles. The second-order valence-corrected chi connectivity index (χ2v) is 11.3. The van der Waals surface area contributed by atoms with Gasteiger partial charge in [0, 0.05) is 11.9 Å². The summed E-state index contributed by atoms with van der Waals surface area (Å²) in [6.07, 6.45) is 1.84. The summed E-state index contributed by atoms with van der Waals surface area (Å²) in [6.45, 7) is 20.6. The van der Waals surface area contributed by atoms with Crippen LogP contribution >= 0.6 is 0 Å². The minimum Gasteiger partial charge on any atom is -0.674 e. The molecule has 0 aliphatic heterocycles. The van der Waals surface area contributed by atoms with Crippen molar-refractivity contribution in [1.82, 2.24) is 4.98 Å². The first-order valence-corrected chi connectivity index (χ1v) is 14.8. The van der Waals surface area contributed by atoms with Crippen molar-refractivity contribution in [2.24, 2.45) is 0 Å². The zero-order valence-corrected chi connectivity index (χ0v) is 29.6. The zero-order chi connectivity index (χ0) is 31.7. The van der Waals surface area contributed by atoms with Crippen molar-refractivity contribution in [1.29, 1.82) is 0 Å². The number of hydrogen-bond donors (Lipinski definition) is 1. The number of phenols is 1. The smallest absolute Gasteiger partial charge is 0.674 e. The van der Waals surface area contributed by atoms with E-state index in [0.29, 0.717) is 17.6 Å². The topological polar surface area (TPSA) is 47.2 Å². The molecule has 0 fully saturated rings. The van der Waals surface area contributed by atoms with Gasteiger partial charge in [0.2, 0.25) is 0 Å². The Labute approximate surface area is 286 Å². The number of hydrogen-bond acceptors (Lipinski definition) is 2. The first-order chi connectivity index (χ1) is 20.5. The standard InChI is InChI=1S/C20H27N2.2C7H7.C6H6O.Zr/c1-14(2)16-10-9-11-17(15(3)4)19(16)22-20(5,6)18-12-7-8-13-21-18;2*1-7-5-3-2-4-6-7;7-6-4-2-1-3-5-6;/h7-15H,1-6H3;2*2-6H,1H2;1-5,7H;/q3*-1;;+3. The number of phenolic OH excluding ortho intramolecular Hbond substituents is 1. The molecule has 1 N–H and O–H groups in total. The van der Waals surface area contributed by atoms with E-state index in [2.05, 4.69) is 84.6 Å². The van der Waals surface area contributed by atoms with Gasteiger partial charge in [-0.3, -0.25) is 4.98 Å². The maximum Gasteiger partial charge on any atom is 3.00 e. The van der Waals surface area contributed by atoms with Crippen molar-refractivity contribution in [3.8, 4) is 5.75 Å². The van der Waals surface area contributed by atoms with E-state index in [1.807, 2.05) is 85.1 Å². The largest absolute Gasteiger partial charge is 3.00 e. The van der Waals surface area contributed by atoms with Gasteiger partial charge in [0.25, 0.3) is 0 Å². The fourth-order valence-corrected chi connectivity index (χ4v) is 4.09. The number of aromatic nitrogens is 1. The van der Waals surface area contributed by atoms with Crippen molar-refractivity contribution in [2.45, 2.75) is 58.9 Å². The third kappa shape index (κ3) is 14.1. The summed E-state index contributed by atoms with van der Waals surface area (Å²) in [7, 11) is 0. The Morgan fingerprint density at radius 3 is 1.30 bits per heavy atom. The van der Waals surface area contributed by atoms with Crippen LogP contribution in [0.25, 0.3) is 5.32 Å². The molecule has 5 aromatic rings. The van der Waals surface area contributed by atoms with Crippen LogP contribution in [0.2, 0.25) is 0 Å². The molecule has 0 unspecified atom stereocenters. The van der Waals surface area contributed by atoms with Crippen LogP contribution < -0.4 is 0 Å². The first kappa shape index (κ1) is 38.3. The maximum absolute atomic E-state index is 8.63. The number of rotatable bonds is 5. The van der Waals surface area contributed by atoms with Gasteiger partial charge in [-0.2, -0.15) is 49.2 Å². The first-order valence-electron chi connectivity index (χ1n) is 14.8. The molecule has 0 saturated carbocycles. The van der Waals surface area contributed by atoms with Gasteiger partial charge < -0.3 is 10.4 Å². The van der Waals surface area contributed by atoms with Crippen LogP contribution in [0.4, 0.5) is 5.69 Å². The number of para-hydroxylation sites is 2. The average Bonchev–Trinajstić information content (AvgIpc) is 2.99. The predicted octanol–water partition coefficient (Wildman–Crippen LogP) is 11.4. The molecular formula is C40H47N2OZr. The fraction of sp³-hybridized carbons (Fsp3) is 0.225. The van der Waals surface area contributed by atoms with E-state index in [4.69, 9.17) is 10.4 Å². The van der Waals surface area contributed by atoms with Crippen LogP contribution in [-0.2, 0) is 31.7 Å². The Morgan fingerprint density at radius 1 is 0.591 bits per heavy atom. The van der Waals surface area contributed by atoms with E-state index < -0.39 is 0 Å². The number of pyridine rings is 1. The monoisotopic (exact) mass is 661 g/mol. The molecule has 0 spiro atoms. The van der Waals surface area contributed by atoms with Crippen molar-refractivity contribution < 1.29 is 31.3 Å². The van der Waals surface area contributed by atoms with Gasteiger partial charge in [0.1, 0.15) is 5.75 Å². The molecule has 5 rings (SSSR count). The Kier molecular flexibility index (Phi) is 17.6. The van der Waals surface area contributed by atoms with Gasteiger partial charge in [-0.25, -0.2) is 0 Å². The molecule has 0 bridgehead atoms. The summed E-state index contributed by atoms with van der Waals surface area (Å²) in [5.74, 6) is 1.23. The molecule has 0 aliphatic rings. The average molecular weight is 663 g/mol. The van der Waals surface area contributed by atoms with Gasteiger partial charge in [-0.1, -0.05) is 113 Å². The van der Waals surface area contributed by atoms with Crippen LogP contribution in [0.3, 0.4) is 0 Å². The zero-order valence-electron chi connectivity index (χ0n) is 27.1. The molecule has 0 amide bonds. The molecule has 0 saturated heterocycles. The second kappa shape index (κ2) is 20.3. The van der Waals surface area contributed by atoms with Crippen molar-refractivity contribution in [3.63, 3.8) is 0 Å². The summed E-state index contributed by atoms with van der Waals surface area (Å²) in [5.41, 5.74) is 6.58. The molecule has 3 nitrogen and oxygen atoms in total. The summed E-state index contributed by atoms with van der Waals surface area (Å²) >= 11 is 0. The Balaban J connectivity index is 0.000000355. The number of nitrogens with zero attached hydrogens (tertiary/aromatic N) is 2. The molecule has 227 valence electrons. The molecule has 4 aromatic carbocycles.